The first-order chi connectivity index (χ1) is 9.10. The monoisotopic (exact) mass is 314 g/mol. The van der Waals surface area contributed by atoms with Gasteiger partial charge in [-0.05, 0) is 59.1 Å². The summed E-state index contributed by atoms with van der Waals surface area (Å²) in [5.41, 5.74) is 5.50. The molecule has 3 heteroatoms. The molecule has 0 aliphatic heterocycles. The Labute approximate surface area is 122 Å². The van der Waals surface area contributed by atoms with Crippen LogP contribution in [0.25, 0.3) is 0 Å². The van der Waals surface area contributed by atoms with Crippen LogP contribution in [0.4, 0.5) is 5.69 Å². The summed E-state index contributed by atoms with van der Waals surface area (Å²) in [5, 5.41) is 12.2. The molecule has 2 nitrogen and oxygen atoms in total. The lowest BCUT2D eigenvalue weighted by atomic mass is 10.1. The minimum atomic E-state index is 0.656. The lowest BCUT2D eigenvalue weighted by Crippen LogP contribution is -2.02. The molecule has 0 heterocycles. The molecule has 0 saturated carbocycles. The first-order valence-corrected chi connectivity index (χ1v) is 6.89. The fourth-order valence-electron chi connectivity index (χ4n) is 1.96. The van der Waals surface area contributed by atoms with Gasteiger partial charge in [-0.1, -0.05) is 23.8 Å². The molecule has 0 fully saturated rings. The molecule has 96 valence electrons. The number of benzene rings is 2. The van der Waals surface area contributed by atoms with E-state index in [1.165, 1.54) is 16.7 Å². The van der Waals surface area contributed by atoms with Crippen LogP contribution in [0.1, 0.15) is 22.3 Å². The van der Waals surface area contributed by atoms with Crippen molar-refractivity contribution in [2.75, 3.05) is 5.32 Å². The number of hydrogen-bond acceptors (Lipinski definition) is 2. The van der Waals surface area contributed by atoms with Gasteiger partial charge < -0.3 is 5.32 Å². The topological polar surface area (TPSA) is 35.8 Å². The number of nitriles is 1. The van der Waals surface area contributed by atoms with Gasteiger partial charge in [0.25, 0.3) is 0 Å². The summed E-state index contributed by atoms with van der Waals surface area (Å²) in [6, 6.07) is 14.1. The molecule has 0 saturated heterocycles. The molecule has 19 heavy (non-hydrogen) atoms. The SMILES string of the molecule is Cc1ccc(CNc2ccc(C#N)cc2Br)c(C)c1. The van der Waals surface area contributed by atoms with Gasteiger partial charge in [0, 0.05) is 16.7 Å². The third-order valence-corrected chi connectivity index (χ3v) is 3.72. The summed E-state index contributed by atoms with van der Waals surface area (Å²) in [6.45, 7) is 5.00. The van der Waals surface area contributed by atoms with Crippen LogP contribution in [0.2, 0.25) is 0 Å². The average Bonchev–Trinajstić information content (AvgIpc) is 2.39. The van der Waals surface area contributed by atoms with Crippen molar-refractivity contribution in [2.45, 2.75) is 20.4 Å². The highest BCUT2D eigenvalue weighted by atomic mass is 79.9. The summed E-state index contributed by atoms with van der Waals surface area (Å²) >= 11 is 3.48. The van der Waals surface area contributed by atoms with E-state index in [0.29, 0.717) is 5.56 Å². The number of anilines is 1. The van der Waals surface area contributed by atoms with Gasteiger partial charge in [0.05, 0.1) is 11.6 Å². The third-order valence-electron chi connectivity index (χ3n) is 3.07. The molecule has 0 spiro atoms. The zero-order valence-corrected chi connectivity index (χ0v) is 12.6. The predicted molar refractivity (Wildman–Crippen MR) is 82.1 cm³/mol. The number of nitrogens with one attached hydrogen (secondary N) is 1. The highest BCUT2D eigenvalue weighted by Gasteiger charge is 2.03. The lowest BCUT2D eigenvalue weighted by Gasteiger charge is -2.11. The first-order valence-electron chi connectivity index (χ1n) is 6.10. The van der Waals surface area contributed by atoms with Gasteiger partial charge in [-0.3, -0.25) is 0 Å². The Kier molecular flexibility index (Phi) is 4.24. The Morgan fingerprint density at radius 1 is 1.16 bits per heavy atom. The zero-order valence-electron chi connectivity index (χ0n) is 11.0. The molecule has 0 aromatic heterocycles. The Morgan fingerprint density at radius 3 is 2.58 bits per heavy atom. The maximum Gasteiger partial charge on any atom is 0.0992 e. The van der Waals surface area contributed by atoms with Crippen molar-refractivity contribution in [1.29, 1.82) is 5.26 Å². The van der Waals surface area contributed by atoms with Crippen LogP contribution in [-0.4, -0.2) is 0 Å². The number of hydrogen-bond donors (Lipinski definition) is 1. The summed E-state index contributed by atoms with van der Waals surface area (Å²) in [5.74, 6) is 0. The van der Waals surface area contributed by atoms with Crippen LogP contribution >= 0.6 is 15.9 Å². The number of rotatable bonds is 3. The number of aryl methyl sites for hydroxylation is 2. The number of halogens is 1. The maximum atomic E-state index is 8.83. The van der Waals surface area contributed by atoms with Crippen LogP contribution in [0.5, 0.6) is 0 Å². The fraction of sp³-hybridized carbons (Fsp3) is 0.188. The molecule has 0 aliphatic rings. The predicted octanol–water partition coefficient (Wildman–Crippen LogP) is 4.55. The van der Waals surface area contributed by atoms with E-state index in [1.54, 1.807) is 0 Å². The summed E-state index contributed by atoms with van der Waals surface area (Å²) < 4.78 is 0.913. The lowest BCUT2D eigenvalue weighted by molar-refractivity contribution is 1.11. The second kappa shape index (κ2) is 5.90. The van der Waals surface area contributed by atoms with Gasteiger partial charge in [0.2, 0.25) is 0 Å². The Bertz CT molecular complexity index is 642. The molecule has 0 aliphatic carbocycles. The van der Waals surface area contributed by atoms with Crippen molar-refractivity contribution >= 4 is 21.6 Å². The molecule has 2 rings (SSSR count). The van der Waals surface area contributed by atoms with Crippen LogP contribution in [0, 0.1) is 25.2 Å². The average molecular weight is 315 g/mol. The maximum absolute atomic E-state index is 8.83. The molecule has 0 radical (unpaired) electrons. The second-order valence-corrected chi connectivity index (χ2v) is 5.44. The third kappa shape index (κ3) is 3.36. The van der Waals surface area contributed by atoms with E-state index in [2.05, 4.69) is 59.4 Å². The van der Waals surface area contributed by atoms with E-state index in [1.807, 2.05) is 18.2 Å². The van der Waals surface area contributed by atoms with Crippen molar-refractivity contribution in [3.8, 4) is 6.07 Å². The molecule has 2 aromatic carbocycles. The highest BCUT2D eigenvalue weighted by Crippen LogP contribution is 2.24. The van der Waals surface area contributed by atoms with Gasteiger partial charge in [-0.2, -0.15) is 5.26 Å². The van der Waals surface area contributed by atoms with Gasteiger partial charge in [0.1, 0.15) is 0 Å². The Balaban J connectivity index is 2.13. The molecule has 0 unspecified atom stereocenters. The summed E-state index contributed by atoms with van der Waals surface area (Å²) in [6.07, 6.45) is 0. The highest BCUT2D eigenvalue weighted by molar-refractivity contribution is 9.10. The summed E-state index contributed by atoms with van der Waals surface area (Å²) in [7, 11) is 0. The first kappa shape index (κ1) is 13.6. The van der Waals surface area contributed by atoms with Gasteiger partial charge in [-0.15, -0.1) is 0 Å². The molecule has 0 atom stereocenters. The minimum Gasteiger partial charge on any atom is -0.380 e. The molecule has 0 amide bonds. The standard InChI is InChI=1S/C16H15BrN2/c1-11-3-5-14(12(2)7-11)10-19-16-6-4-13(9-18)8-15(16)17/h3-8,19H,10H2,1-2H3. The van der Waals surface area contributed by atoms with E-state index >= 15 is 0 Å². The Morgan fingerprint density at radius 2 is 1.95 bits per heavy atom. The van der Waals surface area contributed by atoms with E-state index in [0.717, 1.165) is 16.7 Å². The van der Waals surface area contributed by atoms with Gasteiger partial charge in [0.15, 0.2) is 0 Å². The molecule has 0 bridgehead atoms. The van der Waals surface area contributed by atoms with Crippen LogP contribution in [0.3, 0.4) is 0 Å². The van der Waals surface area contributed by atoms with Crippen molar-refractivity contribution in [1.82, 2.24) is 0 Å². The fourth-order valence-corrected chi connectivity index (χ4v) is 2.48. The van der Waals surface area contributed by atoms with E-state index in [4.69, 9.17) is 5.26 Å². The van der Waals surface area contributed by atoms with E-state index in [9.17, 15) is 0 Å². The minimum absolute atomic E-state index is 0.656. The van der Waals surface area contributed by atoms with Crippen molar-refractivity contribution in [3.05, 3.63) is 63.1 Å². The van der Waals surface area contributed by atoms with Crippen molar-refractivity contribution in [2.24, 2.45) is 0 Å². The van der Waals surface area contributed by atoms with E-state index < -0.39 is 0 Å². The van der Waals surface area contributed by atoms with Crippen LogP contribution < -0.4 is 5.32 Å². The largest absolute Gasteiger partial charge is 0.380 e. The zero-order chi connectivity index (χ0) is 13.8. The van der Waals surface area contributed by atoms with E-state index in [-0.39, 0.29) is 0 Å². The molecular weight excluding hydrogens is 300 g/mol. The van der Waals surface area contributed by atoms with Crippen LogP contribution in [0.15, 0.2) is 40.9 Å². The smallest absolute Gasteiger partial charge is 0.0992 e. The molecule has 1 N–H and O–H groups in total. The quantitative estimate of drug-likeness (QED) is 0.902. The van der Waals surface area contributed by atoms with Crippen molar-refractivity contribution < 1.29 is 0 Å². The van der Waals surface area contributed by atoms with Crippen LogP contribution in [-0.2, 0) is 6.54 Å². The molecule has 2 aromatic rings. The second-order valence-electron chi connectivity index (χ2n) is 4.59. The van der Waals surface area contributed by atoms with Crippen molar-refractivity contribution in [3.63, 3.8) is 0 Å². The number of nitrogens with zero attached hydrogens (tertiary/aromatic N) is 1. The van der Waals surface area contributed by atoms with Gasteiger partial charge >= 0.3 is 0 Å². The Hall–Kier alpha value is -1.79. The van der Waals surface area contributed by atoms with Gasteiger partial charge in [-0.25, -0.2) is 0 Å². The molecular formula is C16H15BrN2. The normalized spacial score (nSPS) is 10.0. The summed E-state index contributed by atoms with van der Waals surface area (Å²) in [4.78, 5) is 0.